The van der Waals surface area contributed by atoms with Crippen LogP contribution in [0.3, 0.4) is 0 Å². The van der Waals surface area contributed by atoms with Gasteiger partial charge in [-0.05, 0) is 92.7 Å². The number of nitrogens with one attached hydrogen (secondary N) is 1. The highest BCUT2D eigenvalue weighted by molar-refractivity contribution is 5.92. The topological polar surface area (TPSA) is 108 Å². The van der Waals surface area contributed by atoms with Gasteiger partial charge in [0.1, 0.15) is 17.8 Å². The number of likely N-dealkylation sites (tertiary alicyclic amines) is 1. The number of aromatic nitrogens is 1. The summed E-state index contributed by atoms with van der Waals surface area (Å²) in [5.74, 6) is 0.917. The molecule has 1 aromatic heterocycles. The van der Waals surface area contributed by atoms with Crippen LogP contribution in [0.4, 0.5) is 5.69 Å². The molecule has 9 nitrogen and oxygen atoms in total. The maximum Gasteiger partial charge on any atom is 0.335 e. The molecule has 2 heterocycles. The van der Waals surface area contributed by atoms with Gasteiger partial charge in [-0.25, -0.2) is 9.78 Å². The number of benzene rings is 3. The first-order valence-corrected chi connectivity index (χ1v) is 13.3. The molecule has 0 bridgehead atoms. The molecule has 2 N–H and O–H groups in total. The second-order valence-electron chi connectivity index (χ2n) is 10.0. The minimum absolute atomic E-state index is 0.0768. The number of amides is 1. The monoisotopic (exact) mass is 540 g/mol. The molecule has 0 radical (unpaired) electrons. The quantitative estimate of drug-likeness (QED) is 0.262. The largest absolute Gasteiger partial charge is 0.478 e. The molecule has 206 valence electrons. The first-order chi connectivity index (χ1) is 19.4. The summed E-state index contributed by atoms with van der Waals surface area (Å²) in [4.78, 5) is 32.4. The minimum Gasteiger partial charge on any atom is -0.478 e. The molecule has 1 unspecified atom stereocenters. The molecule has 3 aromatic carbocycles. The van der Waals surface area contributed by atoms with E-state index < -0.39 is 5.97 Å². The van der Waals surface area contributed by atoms with Gasteiger partial charge in [-0.3, -0.25) is 14.6 Å². The van der Waals surface area contributed by atoms with Gasteiger partial charge < -0.3 is 19.6 Å². The van der Waals surface area contributed by atoms with E-state index in [1.54, 1.807) is 18.3 Å². The number of anilines is 1. The molecule has 1 fully saturated rings. The lowest BCUT2D eigenvalue weighted by atomic mass is 10.1. The van der Waals surface area contributed by atoms with Crippen molar-refractivity contribution in [3.05, 3.63) is 96.4 Å². The number of carbonyl (C=O) groups excluding carboxylic acids is 1. The SMILES string of the molecule is CN(CC(=O)Nc1ccc(Oc2ccc(-c3ncco3)cc2)cc1)CC1CCCN1Cc1ccc(C(=O)O)cc1. The highest BCUT2D eigenvalue weighted by Gasteiger charge is 2.26. The van der Waals surface area contributed by atoms with Crippen molar-refractivity contribution < 1.29 is 23.8 Å². The molecule has 1 amide bonds. The normalized spacial score (nSPS) is 15.3. The highest BCUT2D eigenvalue weighted by atomic mass is 16.5. The standard InChI is InChI=1S/C31H32N4O5/c1-34(20-26-3-2-17-35(26)19-22-4-6-24(7-5-22)31(37)38)21-29(36)33-25-10-14-28(15-11-25)40-27-12-8-23(9-13-27)30-32-16-18-39-30/h4-16,18,26H,2-3,17,19-21H2,1H3,(H,33,36)(H,37,38). The van der Waals surface area contributed by atoms with Gasteiger partial charge in [-0.1, -0.05) is 12.1 Å². The highest BCUT2D eigenvalue weighted by Crippen LogP contribution is 2.26. The molecule has 5 rings (SSSR count). The van der Waals surface area contributed by atoms with Crippen molar-refractivity contribution in [1.82, 2.24) is 14.8 Å². The summed E-state index contributed by atoms with van der Waals surface area (Å²) >= 11 is 0. The number of carbonyl (C=O) groups is 2. The summed E-state index contributed by atoms with van der Waals surface area (Å²) in [5, 5.41) is 12.1. The van der Waals surface area contributed by atoms with Gasteiger partial charge in [0.05, 0.1) is 18.3 Å². The summed E-state index contributed by atoms with van der Waals surface area (Å²) in [7, 11) is 1.96. The number of aromatic carboxylic acids is 1. The smallest absolute Gasteiger partial charge is 0.335 e. The Morgan fingerprint density at radius 3 is 2.40 bits per heavy atom. The fourth-order valence-electron chi connectivity index (χ4n) is 4.94. The van der Waals surface area contributed by atoms with Gasteiger partial charge in [0.15, 0.2) is 0 Å². The Hall–Kier alpha value is -4.47. The summed E-state index contributed by atoms with van der Waals surface area (Å²) < 4.78 is 11.2. The number of oxazole rings is 1. The molecule has 40 heavy (non-hydrogen) atoms. The van der Waals surface area contributed by atoms with E-state index in [0.717, 1.165) is 43.6 Å². The van der Waals surface area contributed by atoms with Crippen molar-refractivity contribution in [3.8, 4) is 23.0 Å². The molecular weight excluding hydrogens is 508 g/mol. The Morgan fingerprint density at radius 2 is 1.75 bits per heavy atom. The maximum absolute atomic E-state index is 12.7. The average Bonchev–Trinajstić information content (AvgIpc) is 3.63. The molecule has 9 heteroatoms. The number of ether oxygens (including phenoxy) is 1. The number of hydrogen-bond donors (Lipinski definition) is 2. The van der Waals surface area contributed by atoms with Gasteiger partial charge in [-0.2, -0.15) is 0 Å². The lowest BCUT2D eigenvalue weighted by Gasteiger charge is -2.28. The second kappa shape index (κ2) is 12.6. The van der Waals surface area contributed by atoms with Crippen LogP contribution in [0.15, 0.2) is 89.7 Å². The molecule has 1 atom stereocenters. The van der Waals surface area contributed by atoms with E-state index in [2.05, 4.69) is 15.2 Å². The van der Waals surface area contributed by atoms with Crippen LogP contribution in [0.2, 0.25) is 0 Å². The van der Waals surface area contributed by atoms with Crippen molar-refractivity contribution in [2.45, 2.75) is 25.4 Å². The van der Waals surface area contributed by atoms with Crippen molar-refractivity contribution in [1.29, 1.82) is 0 Å². The fourth-order valence-corrected chi connectivity index (χ4v) is 4.94. The first-order valence-electron chi connectivity index (χ1n) is 13.3. The van der Waals surface area contributed by atoms with Crippen LogP contribution in [-0.4, -0.2) is 64.5 Å². The number of hydrogen-bond acceptors (Lipinski definition) is 7. The minimum atomic E-state index is -0.916. The van der Waals surface area contributed by atoms with Crippen LogP contribution < -0.4 is 10.1 Å². The summed E-state index contributed by atoms with van der Waals surface area (Å²) in [6.07, 6.45) is 5.33. The van der Waals surface area contributed by atoms with Gasteiger partial charge >= 0.3 is 5.97 Å². The van der Waals surface area contributed by atoms with E-state index in [0.29, 0.717) is 34.7 Å². The van der Waals surface area contributed by atoms with E-state index in [-0.39, 0.29) is 12.5 Å². The summed E-state index contributed by atoms with van der Waals surface area (Å²) in [6, 6.07) is 22.2. The lowest BCUT2D eigenvalue weighted by molar-refractivity contribution is -0.117. The second-order valence-corrected chi connectivity index (χ2v) is 10.0. The van der Waals surface area contributed by atoms with Gasteiger partial charge in [0, 0.05) is 30.4 Å². The van der Waals surface area contributed by atoms with Crippen LogP contribution in [-0.2, 0) is 11.3 Å². The first kappa shape index (κ1) is 27.1. The summed E-state index contributed by atoms with van der Waals surface area (Å²) in [6.45, 7) is 2.82. The third kappa shape index (κ3) is 7.13. The van der Waals surface area contributed by atoms with E-state index in [1.165, 1.54) is 6.26 Å². The zero-order chi connectivity index (χ0) is 27.9. The van der Waals surface area contributed by atoms with Crippen LogP contribution in [0, 0.1) is 0 Å². The molecule has 0 aliphatic carbocycles. The van der Waals surface area contributed by atoms with E-state index in [1.807, 2.05) is 72.6 Å². The van der Waals surface area contributed by atoms with Gasteiger partial charge in [0.2, 0.25) is 11.8 Å². The molecule has 1 aliphatic heterocycles. The fraction of sp³-hybridized carbons (Fsp3) is 0.258. The van der Waals surface area contributed by atoms with Gasteiger partial charge in [0.25, 0.3) is 0 Å². The lowest BCUT2D eigenvalue weighted by Crippen LogP contribution is -2.41. The van der Waals surface area contributed by atoms with E-state index >= 15 is 0 Å². The molecule has 0 spiro atoms. The van der Waals surface area contributed by atoms with Crippen LogP contribution in [0.5, 0.6) is 11.5 Å². The van der Waals surface area contributed by atoms with Crippen LogP contribution in [0.25, 0.3) is 11.5 Å². The Labute approximate surface area is 233 Å². The van der Waals surface area contributed by atoms with Crippen molar-refractivity contribution in [2.24, 2.45) is 0 Å². The molecule has 1 aliphatic rings. The predicted molar refractivity (Wildman–Crippen MR) is 151 cm³/mol. The van der Waals surface area contributed by atoms with E-state index in [4.69, 9.17) is 14.3 Å². The van der Waals surface area contributed by atoms with Crippen molar-refractivity contribution >= 4 is 17.6 Å². The zero-order valence-corrected chi connectivity index (χ0v) is 22.3. The number of carboxylic acid groups (broad SMARTS) is 1. The van der Waals surface area contributed by atoms with Crippen LogP contribution in [0.1, 0.15) is 28.8 Å². The number of rotatable bonds is 11. The number of nitrogens with zero attached hydrogens (tertiary/aromatic N) is 3. The third-order valence-electron chi connectivity index (χ3n) is 6.93. The third-order valence-corrected chi connectivity index (χ3v) is 6.93. The Morgan fingerprint density at radius 1 is 1.05 bits per heavy atom. The molecule has 1 saturated heterocycles. The molecule has 4 aromatic rings. The van der Waals surface area contributed by atoms with Crippen LogP contribution >= 0.6 is 0 Å². The molecule has 0 saturated carbocycles. The molecular formula is C31H32N4O5. The summed E-state index contributed by atoms with van der Waals surface area (Å²) in [5.41, 5.74) is 2.96. The average molecular weight is 541 g/mol. The van der Waals surface area contributed by atoms with E-state index in [9.17, 15) is 9.59 Å². The Balaban J connectivity index is 1.07. The number of likely N-dealkylation sites (N-methyl/N-ethyl adjacent to an activating group) is 1. The zero-order valence-electron chi connectivity index (χ0n) is 22.3. The van der Waals surface area contributed by atoms with Gasteiger partial charge in [-0.15, -0.1) is 0 Å². The number of carboxylic acids is 1. The Bertz CT molecular complexity index is 1400. The maximum atomic E-state index is 12.7. The van der Waals surface area contributed by atoms with Crippen molar-refractivity contribution in [2.75, 3.05) is 32.0 Å². The predicted octanol–water partition coefficient (Wildman–Crippen LogP) is 5.37. The Kier molecular flexibility index (Phi) is 8.53. The van der Waals surface area contributed by atoms with Crippen molar-refractivity contribution in [3.63, 3.8) is 0 Å².